The standard InChI is InChI=1S/C31H38O8/c1-17-14-24-23(30(24,5)6)13-12-22(16-32)27(37-19(3)33)25-26(38-29(36)21-10-8-7-9-11-21)18(2)15-31(25,28(17)35)39-20(4)34/h7-12,14,18,23-27,32H,13,15-16H2,1-6H3. The number of carbonyl (C=O) groups is 4. The number of ketones is 1. The Morgan fingerprint density at radius 3 is 2.31 bits per heavy atom. The van der Waals surface area contributed by atoms with Crippen LogP contribution in [0.4, 0.5) is 0 Å². The fourth-order valence-corrected chi connectivity index (χ4v) is 6.73. The summed E-state index contributed by atoms with van der Waals surface area (Å²) in [6.45, 7) is 9.79. The number of allylic oxidation sites excluding steroid dienone is 2. The predicted molar refractivity (Wildman–Crippen MR) is 142 cm³/mol. The van der Waals surface area contributed by atoms with E-state index in [1.807, 2.05) is 19.1 Å². The fraction of sp³-hybridized carbons (Fsp3) is 0.548. The average molecular weight is 539 g/mol. The van der Waals surface area contributed by atoms with Gasteiger partial charge < -0.3 is 19.3 Å². The quantitative estimate of drug-likeness (QED) is 0.337. The maximum atomic E-state index is 14.4. The highest BCUT2D eigenvalue weighted by Gasteiger charge is 2.65. The van der Waals surface area contributed by atoms with E-state index in [0.717, 1.165) is 0 Å². The van der Waals surface area contributed by atoms with E-state index in [0.29, 0.717) is 23.1 Å². The van der Waals surface area contributed by atoms with Gasteiger partial charge in [0.15, 0.2) is 5.60 Å². The topological polar surface area (TPSA) is 116 Å². The molecule has 1 aromatic rings. The van der Waals surface area contributed by atoms with Crippen molar-refractivity contribution < 1.29 is 38.5 Å². The number of rotatable bonds is 5. The average Bonchev–Trinajstić information content (AvgIpc) is 3.26. The molecule has 1 aromatic carbocycles. The van der Waals surface area contributed by atoms with E-state index in [9.17, 15) is 24.3 Å². The molecule has 0 aromatic heterocycles. The summed E-state index contributed by atoms with van der Waals surface area (Å²) in [5.74, 6) is -3.53. The van der Waals surface area contributed by atoms with E-state index >= 15 is 0 Å². The lowest BCUT2D eigenvalue weighted by atomic mass is 9.77. The SMILES string of the molecule is CC(=O)OC1C(CO)=CCC2C(C=C(C)C(=O)C3(OC(C)=O)CC(C)C(OC(=O)c4ccccc4)C13)C2(C)C. The molecule has 2 fully saturated rings. The van der Waals surface area contributed by atoms with Crippen LogP contribution < -0.4 is 0 Å². The summed E-state index contributed by atoms with van der Waals surface area (Å²) in [5, 5.41) is 10.5. The van der Waals surface area contributed by atoms with Crippen molar-refractivity contribution in [1.29, 1.82) is 0 Å². The minimum atomic E-state index is -1.78. The van der Waals surface area contributed by atoms with Crippen molar-refractivity contribution in [1.82, 2.24) is 0 Å². The highest BCUT2D eigenvalue weighted by molar-refractivity contribution is 6.03. The molecule has 39 heavy (non-hydrogen) atoms. The molecule has 0 bridgehead atoms. The largest absolute Gasteiger partial charge is 0.458 e. The molecule has 1 N–H and O–H groups in total. The van der Waals surface area contributed by atoms with E-state index in [2.05, 4.69) is 13.8 Å². The third-order valence-electron chi connectivity index (χ3n) is 8.77. The third-order valence-corrected chi connectivity index (χ3v) is 8.77. The van der Waals surface area contributed by atoms with Crippen LogP contribution in [-0.2, 0) is 28.6 Å². The summed E-state index contributed by atoms with van der Waals surface area (Å²) in [6.07, 6.45) is 2.33. The molecule has 0 radical (unpaired) electrons. The van der Waals surface area contributed by atoms with E-state index in [1.165, 1.54) is 13.8 Å². The van der Waals surface area contributed by atoms with Crippen molar-refractivity contribution >= 4 is 23.7 Å². The zero-order chi connectivity index (χ0) is 28.7. The van der Waals surface area contributed by atoms with Gasteiger partial charge in [-0.15, -0.1) is 0 Å². The van der Waals surface area contributed by atoms with Crippen molar-refractivity contribution in [3.8, 4) is 0 Å². The second kappa shape index (κ2) is 10.7. The highest BCUT2D eigenvalue weighted by Crippen LogP contribution is 2.62. The molecule has 2 saturated carbocycles. The van der Waals surface area contributed by atoms with Gasteiger partial charge in [-0.05, 0) is 59.8 Å². The lowest BCUT2D eigenvalue weighted by molar-refractivity contribution is -0.179. The van der Waals surface area contributed by atoms with Gasteiger partial charge >= 0.3 is 17.9 Å². The lowest BCUT2D eigenvalue weighted by Crippen LogP contribution is -2.55. The number of hydrogen-bond donors (Lipinski definition) is 1. The third kappa shape index (κ3) is 5.31. The summed E-state index contributed by atoms with van der Waals surface area (Å²) < 4.78 is 17.8. The first kappa shape index (κ1) is 28.7. The van der Waals surface area contributed by atoms with Crippen LogP contribution in [0.1, 0.15) is 64.7 Å². The van der Waals surface area contributed by atoms with E-state index in [1.54, 1.807) is 37.3 Å². The Kier molecular flexibility index (Phi) is 7.90. The molecule has 210 valence electrons. The first-order valence-corrected chi connectivity index (χ1v) is 13.5. The molecule has 3 aliphatic carbocycles. The molecule has 0 saturated heterocycles. The number of Topliss-reactive ketones (excluding diaryl/α,β-unsaturated/α-hetero) is 1. The number of aliphatic hydroxyl groups is 1. The Balaban J connectivity index is 1.91. The van der Waals surface area contributed by atoms with Crippen LogP contribution in [0, 0.1) is 29.1 Å². The summed E-state index contributed by atoms with van der Waals surface area (Å²) in [4.78, 5) is 52.6. The maximum Gasteiger partial charge on any atom is 0.338 e. The van der Waals surface area contributed by atoms with Crippen LogP contribution in [0.5, 0.6) is 0 Å². The zero-order valence-electron chi connectivity index (χ0n) is 23.4. The second-order valence-corrected chi connectivity index (χ2v) is 11.8. The van der Waals surface area contributed by atoms with Gasteiger partial charge in [0.2, 0.25) is 5.78 Å². The van der Waals surface area contributed by atoms with Crippen LogP contribution in [0.15, 0.2) is 53.6 Å². The Morgan fingerprint density at radius 1 is 1.05 bits per heavy atom. The van der Waals surface area contributed by atoms with Gasteiger partial charge in [0.1, 0.15) is 12.2 Å². The molecule has 0 spiro atoms. The number of carbonyl (C=O) groups excluding carboxylic acids is 4. The number of aliphatic hydroxyl groups excluding tert-OH is 1. The normalized spacial score (nSPS) is 33.4. The van der Waals surface area contributed by atoms with Gasteiger partial charge in [-0.1, -0.05) is 51.1 Å². The van der Waals surface area contributed by atoms with Gasteiger partial charge in [-0.2, -0.15) is 0 Å². The monoisotopic (exact) mass is 538 g/mol. The Labute approximate surface area is 229 Å². The summed E-state index contributed by atoms with van der Waals surface area (Å²) >= 11 is 0. The van der Waals surface area contributed by atoms with Crippen LogP contribution in [0.3, 0.4) is 0 Å². The second-order valence-electron chi connectivity index (χ2n) is 11.8. The fourth-order valence-electron chi connectivity index (χ4n) is 6.73. The lowest BCUT2D eigenvalue weighted by Gasteiger charge is -2.39. The Hall–Kier alpha value is -3.26. The van der Waals surface area contributed by atoms with E-state index < -0.39 is 59.9 Å². The summed E-state index contributed by atoms with van der Waals surface area (Å²) in [6, 6.07) is 8.44. The zero-order valence-corrected chi connectivity index (χ0v) is 23.4. The van der Waals surface area contributed by atoms with Gasteiger partial charge in [0.25, 0.3) is 0 Å². The molecule has 7 unspecified atom stereocenters. The summed E-state index contributed by atoms with van der Waals surface area (Å²) in [5.41, 5.74) is -0.702. The maximum absolute atomic E-state index is 14.4. The molecule has 7 atom stereocenters. The van der Waals surface area contributed by atoms with E-state index in [-0.39, 0.29) is 23.7 Å². The minimum Gasteiger partial charge on any atom is -0.458 e. The van der Waals surface area contributed by atoms with Gasteiger partial charge in [0, 0.05) is 20.3 Å². The van der Waals surface area contributed by atoms with Crippen LogP contribution in [0.2, 0.25) is 0 Å². The van der Waals surface area contributed by atoms with Crippen molar-refractivity contribution in [2.45, 2.75) is 72.2 Å². The number of hydrogen-bond acceptors (Lipinski definition) is 8. The van der Waals surface area contributed by atoms with Gasteiger partial charge in [-0.25, -0.2) is 4.79 Å². The van der Waals surface area contributed by atoms with Crippen molar-refractivity contribution in [2.24, 2.45) is 29.1 Å². The van der Waals surface area contributed by atoms with E-state index in [4.69, 9.17) is 14.2 Å². The molecule has 8 heteroatoms. The smallest absolute Gasteiger partial charge is 0.338 e. The number of benzene rings is 1. The molecule has 3 aliphatic rings. The van der Waals surface area contributed by atoms with Crippen molar-refractivity contribution in [2.75, 3.05) is 6.61 Å². The molecular weight excluding hydrogens is 500 g/mol. The highest BCUT2D eigenvalue weighted by atomic mass is 16.6. The number of fused-ring (bicyclic) bond motifs is 2. The van der Waals surface area contributed by atoms with Crippen LogP contribution >= 0.6 is 0 Å². The molecule has 4 rings (SSSR count). The molecular formula is C31H38O8. The molecule has 8 nitrogen and oxygen atoms in total. The Morgan fingerprint density at radius 2 is 1.72 bits per heavy atom. The van der Waals surface area contributed by atoms with Crippen LogP contribution in [-0.4, -0.2) is 53.2 Å². The van der Waals surface area contributed by atoms with Gasteiger partial charge in [-0.3, -0.25) is 14.4 Å². The Bertz CT molecular complexity index is 1210. The molecule has 0 heterocycles. The van der Waals surface area contributed by atoms with Crippen molar-refractivity contribution in [3.63, 3.8) is 0 Å². The number of ether oxygens (including phenoxy) is 3. The van der Waals surface area contributed by atoms with Crippen molar-refractivity contribution in [3.05, 3.63) is 59.2 Å². The minimum absolute atomic E-state index is 0.0575. The first-order valence-electron chi connectivity index (χ1n) is 13.5. The molecule has 0 aliphatic heterocycles. The predicted octanol–water partition coefficient (Wildman–Crippen LogP) is 4.21. The molecule has 0 amide bonds. The number of esters is 3. The first-order chi connectivity index (χ1) is 18.3. The summed E-state index contributed by atoms with van der Waals surface area (Å²) in [7, 11) is 0. The van der Waals surface area contributed by atoms with Crippen LogP contribution in [0.25, 0.3) is 0 Å². The van der Waals surface area contributed by atoms with Gasteiger partial charge in [0.05, 0.1) is 18.1 Å².